The van der Waals surface area contributed by atoms with Gasteiger partial charge in [0.2, 0.25) is 5.95 Å². The number of para-hydroxylation sites is 1. The average molecular weight is 518 g/mol. The first-order valence-electron chi connectivity index (χ1n) is 12.0. The van der Waals surface area contributed by atoms with Crippen LogP contribution in [0.25, 0.3) is 5.69 Å². The molecule has 8 nitrogen and oxygen atoms in total. The summed E-state index contributed by atoms with van der Waals surface area (Å²) >= 11 is 0. The van der Waals surface area contributed by atoms with Crippen LogP contribution in [-0.4, -0.2) is 34.1 Å². The maximum absolute atomic E-state index is 13.8. The van der Waals surface area contributed by atoms with Gasteiger partial charge in [0.05, 0.1) is 30.6 Å². The Kier molecular flexibility index (Phi) is 7.03. The number of methoxy groups -OCH3 is 1. The molecular weight excluding hydrogens is 492 g/mol. The molecule has 1 aliphatic heterocycles. The third-order valence-corrected chi connectivity index (χ3v) is 6.31. The number of anilines is 2. The SMILES string of the molecule is COc1ccc(CNc2nc3c(c(=O)n2-c2ccccc2)CN(C(=O)Nc2ccc(F)c(F)c2)CC3)cc1. The normalized spacial score (nSPS) is 12.6. The number of benzene rings is 3. The Bertz CT molecular complexity index is 1520. The van der Waals surface area contributed by atoms with Crippen molar-refractivity contribution in [1.29, 1.82) is 0 Å². The molecular formula is C28H25F2N5O3. The van der Waals surface area contributed by atoms with Crippen LogP contribution in [0.2, 0.25) is 0 Å². The lowest BCUT2D eigenvalue weighted by Gasteiger charge is -2.29. The molecule has 3 aromatic carbocycles. The van der Waals surface area contributed by atoms with Gasteiger partial charge in [0.1, 0.15) is 5.75 Å². The largest absolute Gasteiger partial charge is 0.497 e. The van der Waals surface area contributed by atoms with Crippen LogP contribution in [0.15, 0.2) is 77.6 Å². The highest BCUT2D eigenvalue weighted by Gasteiger charge is 2.27. The number of urea groups is 1. The molecule has 0 saturated carbocycles. The zero-order valence-corrected chi connectivity index (χ0v) is 20.6. The van der Waals surface area contributed by atoms with Gasteiger partial charge < -0.3 is 20.3 Å². The van der Waals surface area contributed by atoms with Gasteiger partial charge in [0.15, 0.2) is 11.6 Å². The van der Waals surface area contributed by atoms with Crippen LogP contribution >= 0.6 is 0 Å². The summed E-state index contributed by atoms with van der Waals surface area (Å²) < 4.78 is 33.5. The fourth-order valence-electron chi connectivity index (χ4n) is 4.29. The van der Waals surface area contributed by atoms with Crippen LogP contribution in [0.1, 0.15) is 16.8 Å². The van der Waals surface area contributed by atoms with Gasteiger partial charge >= 0.3 is 6.03 Å². The molecule has 2 heterocycles. The molecule has 10 heteroatoms. The summed E-state index contributed by atoms with van der Waals surface area (Å²) in [6.45, 7) is 0.773. The molecule has 38 heavy (non-hydrogen) atoms. The van der Waals surface area contributed by atoms with Crippen molar-refractivity contribution in [3.63, 3.8) is 0 Å². The number of rotatable bonds is 6. The van der Waals surface area contributed by atoms with Crippen molar-refractivity contribution in [2.45, 2.75) is 19.5 Å². The molecule has 5 rings (SSSR count). The first-order chi connectivity index (χ1) is 18.4. The molecule has 0 saturated heterocycles. The van der Waals surface area contributed by atoms with Gasteiger partial charge in [0.25, 0.3) is 5.56 Å². The lowest BCUT2D eigenvalue weighted by molar-refractivity contribution is 0.205. The predicted octanol–water partition coefficient (Wildman–Crippen LogP) is 4.72. The molecule has 0 unspecified atom stereocenters. The minimum Gasteiger partial charge on any atom is -0.497 e. The Hall–Kier alpha value is -4.73. The molecule has 1 aromatic heterocycles. The Morgan fingerprint density at radius 1 is 1.03 bits per heavy atom. The minimum absolute atomic E-state index is 0.0300. The monoisotopic (exact) mass is 517 g/mol. The average Bonchev–Trinajstić information content (AvgIpc) is 2.94. The van der Waals surface area contributed by atoms with Gasteiger partial charge in [-0.3, -0.25) is 4.79 Å². The first kappa shape index (κ1) is 24.9. The molecule has 1 aliphatic rings. The van der Waals surface area contributed by atoms with Crippen LogP contribution in [0.5, 0.6) is 5.75 Å². The van der Waals surface area contributed by atoms with Crippen LogP contribution in [0.3, 0.4) is 0 Å². The molecule has 2 amide bonds. The van der Waals surface area contributed by atoms with Gasteiger partial charge in [-0.1, -0.05) is 30.3 Å². The van der Waals surface area contributed by atoms with E-state index in [9.17, 15) is 18.4 Å². The number of hydrogen-bond donors (Lipinski definition) is 2. The van der Waals surface area contributed by atoms with Gasteiger partial charge in [-0.05, 0) is 42.0 Å². The van der Waals surface area contributed by atoms with E-state index in [-0.39, 0.29) is 17.8 Å². The molecule has 0 spiro atoms. The maximum atomic E-state index is 13.8. The molecule has 0 radical (unpaired) electrons. The smallest absolute Gasteiger partial charge is 0.322 e. The number of ether oxygens (including phenoxy) is 1. The van der Waals surface area contributed by atoms with Crippen molar-refractivity contribution in [3.8, 4) is 11.4 Å². The summed E-state index contributed by atoms with van der Waals surface area (Å²) in [6.07, 6.45) is 0.364. The highest BCUT2D eigenvalue weighted by molar-refractivity contribution is 5.89. The highest BCUT2D eigenvalue weighted by atomic mass is 19.2. The zero-order chi connectivity index (χ0) is 26.6. The number of carbonyl (C=O) groups excluding carboxylic acids is 1. The third-order valence-electron chi connectivity index (χ3n) is 6.31. The van der Waals surface area contributed by atoms with E-state index in [4.69, 9.17) is 9.72 Å². The van der Waals surface area contributed by atoms with Crippen molar-refractivity contribution in [1.82, 2.24) is 14.5 Å². The second kappa shape index (κ2) is 10.7. The second-order valence-corrected chi connectivity index (χ2v) is 8.77. The first-order valence-corrected chi connectivity index (χ1v) is 12.0. The summed E-state index contributed by atoms with van der Waals surface area (Å²) in [5, 5.41) is 5.85. The zero-order valence-electron chi connectivity index (χ0n) is 20.6. The van der Waals surface area contributed by atoms with E-state index in [2.05, 4.69) is 10.6 Å². The minimum atomic E-state index is -1.06. The molecule has 0 atom stereocenters. The highest BCUT2D eigenvalue weighted by Crippen LogP contribution is 2.22. The van der Waals surface area contributed by atoms with Crippen molar-refractivity contribution in [3.05, 3.63) is 112 Å². The van der Waals surface area contributed by atoms with Crippen LogP contribution in [0.4, 0.5) is 25.2 Å². The Balaban J connectivity index is 1.42. The number of hydrogen-bond acceptors (Lipinski definition) is 5. The fourth-order valence-corrected chi connectivity index (χ4v) is 4.29. The van der Waals surface area contributed by atoms with Crippen molar-refractivity contribution in [2.24, 2.45) is 0 Å². The van der Waals surface area contributed by atoms with Gasteiger partial charge in [0, 0.05) is 31.3 Å². The maximum Gasteiger partial charge on any atom is 0.322 e. The molecule has 2 N–H and O–H groups in total. The number of aromatic nitrogens is 2. The topological polar surface area (TPSA) is 88.5 Å². The Morgan fingerprint density at radius 2 is 1.79 bits per heavy atom. The summed E-state index contributed by atoms with van der Waals surface area (Å²) in [4.78, 5) is 32.8. The van der Waals surface area contributed by atoms with E-state index < -0.39 is 17.7 Å². The van der Waals surface area contributed by atoms with E-state index in [1.807, 2.05) is 54.6 Å². The van der Waals surface area contributed by atoms with Gasteiger partial charge in [-0.15, -0.1) is 0 Å². The van der Waals surface area contributed by atoms with Crippen molar-refractivity contribution >= 4 is 17.7 Å². The quantitative estimate of drug-likeness (QED) is 0.386. The summed E-state index contributed by atoms with van der Waals surface area (Å²) in [5.41, 5.74) is 2.46. The van der Waals surface area contributed by atoms with Crippen LogP contribution < -0.4 is 20.9 Å². The second-order valence-electron chi connectivity index (χ2n) is 8.77. The van der Waals surface area contributed by atoms with Crippen molar-refractivity contribution in [2.75, 3.05) is 24.3 Å². The molecule has 0 aliphatic carbocycles. The molecule has 4 aromatic rings. The lowest BCUT2D eigenvalue weighted by Crippen LogP contribution is -2.43. The third kappa shape index (κ3) is 5.19. The fraction of sp³-hybridized carbons (Fsp3) is 0.179. The number of amides is 2. The van der Waals surface area contributed by atoms with E-state index in [1.165, 1.54) is 15.5 Å². The summed E-state index contributed by atoms with van der Waals surface area (Å²) in [6, 6.07) is 19.3. The van der Waals surface area contributed by atoms with Crippen LogP contribution in [-0.2, 0) is 19.5 Å². The standard InChI is InChI=1S/C28H25F2N5O3/c1-38-21-10-7-18(8-11-21)16-31-27-33-25-13-14-34(28(37)32-19-9-12-23(29)24(30)15-19)17-22(25)26(36)35(27)20-5-3-2-4-6-20/h2-12,15H,13-14,16-17H2,1H3,(H,31,33)(H,32,37). The molecule has 0 bridgehead atoms. The Morgan fingerprint density at radius 3 is 2.50 bits per heavy atom. The number of halogens is 2. The van der Waals surface area contributed by atoms with Crippen LogP contribution in [0, 0.1) is 11.6 Å². The molecule has 194 valence electrons. The van der Waals surface area contributed by atoms with E-state index in [0.29, 0.717) is 42.4 Å². The molecule has 0 fully saturated rings. The Labute approximate surface area is 217 Å². The number of nitrogens with one attached hydrogen (secondary N) is 2. The number of nitrogens with zero attached hydrogens (tertiary/aromatic N) is 3. The van der Waals surface area contributed by atoms with Crippen molar-refractivity contribution < 1.29 is 18.3 Å². The van der Waals surface area contributed by atoms with Gasteiger partial charge in [-0.25, -0.2) is 23.1 Å². The van der Waals surface area contributed by atoms with E-state index in [1.54, 1.807) is 7.11 Å². The number of carbonyl (C=O) groups is 1. The van der Waals surface area contributed by atoms with Gasteiger partial charge in [-0.2, -0.15) is 0 Å². The van der Waals surface area contributed by atoms with E-state index >= 15 is 0 Å². The predicted molar refractivity (Wildman–Crippen MR) is 140 cm³/mol. The van der Waals surface area contributed by atoms with E-state index in [0.717, 1.165) is 23.4 Å². The lowest BCUT2D eigenvalue weighted by atomic mass is 10.1. The summed E-state index contributed by atoms with van der Waals surface area (Å²) in [7, 11) is 1.61. The number of fused-ring (bicyclic) bond motifs is 1. The summed E-state index contributed by atoms with van der Waals surface area (Å²) in [5.74, 6) is -0.911.